The minimum atomic E-state index is 0.106. The van der Waals surface area contributed by atoms with Crippen LogP contribution in [0, 0.1) is 0 Å². The lowest BCUT2D eigenvalue weighted by atomic mass is 10.1. The van der Waals surface area contributed by atoms with E-state index in [1.165, 1.54) is 11.1 Å². The standard InChI is InChI=1S/C11H16N2/c1-9(2)6-11(12)7-10-4-3-5-13-8-10/h3-6,8,11H,7,12H2,1-2H3. The summed E-state index contributed by atoms with van der Waals surface area (Å²) >= 11 is 0. The van der Waals surface area contributed by atoms with Gasteiger partial charge in [0.2, 0.25) is 0 Å². The Hall–Kier alpha value is -1.15. The molecule has 0 fully saturated rings. The maximum atomic E-state index is 5.90. The third kappa shape index (κ3) is 3.85. The van der Waals surface area contributed by atoms with Crippen LogP contribution in [0.15, 0.2) is 36.2 Å². The van der Waals surface area contributed by atoms with Crippen LogP contribution in [0.1, 0.15) is 19.4 Å². The van der Waals surface area contributed by atoms with Gasteiger partial charge in [-0.1, -0.05) is 17.7 Å². The summed E-state index contributed by atoms with van der Waals surface area (Å²) in [6.07, 6.45) is 6.57. The molecule has 0 aliphatic carbocycles. The van der Waals surface area contributed by atoms with Gasteiger partial charge in [-0.3, -0.25) is 4.98 Å². The molecule has 1 aromatic heterocycles. The molecule has 0 radical (unpaired) electrons. The van der Waals surface area contributed by atoms with E-state index in [1.54, 1.807) is 6.20 Å². The van der Waals surface area contributed by atoms with Crippen LogP contribution in [0.4, 0.5) is 0 Å². The molecular weight excluding hydrogens is 160 g/mol. The van der Waals surface area contributed by atoms with Crippen molar-refractivity contribution in [3.63, 3.8) is 0 Å². The van der Waals surface area contributed by atoms with E-state index < -0.39 is 0 Å². The van der Waals surface area contributed by atoms with Crippen LogP contribution in [-0.4, -0.2) is 11.0 Å². The zero-order chi connectivity index (χ0) is 9.68. The Bertz CT molecular complexity index is 273. The highest BCUT2D eigenvalue weighted by Gasteiger charge is 1.99. The maximum Gasteiger partial charge on any atom is 0.0300 e. The predicted octanol–water partition coefficient (Wildman–Crippen LogP) is 1.92. The number of aromatic nitrogens is 1. The summed E-state index contributed by atoms with van der Waals surface area (Å²) in [5, 5.41) is 0. The van der Waals surface area contributed by atoms with Crippen molar-refractivity contribution in [2.45, 2.75) is 26.3 Å². The van der Waals surface area contributed by atoms with Gasteiger partial charge >= 0.3 is 0 Å². The lowest BCUT2D eigenvalue weighted by Gasteiger charge is -2.06. The highest BCUT2D eigenvalue weighted by molar-refractivity contribution is 5.13. The molecule has 70 valence electrons. The Morgan fingerprint density at radius 3 is 2.92 bits per heavy atom. The second-order valence-electron chi connectivity index (χ2n) is 3.47. The summed E-state index contributed by atoms with van der Waals surface area (Å²) in [5.74, 6) is 0. The number of rotatable bonds is 3. The van der Waals surface area contributed by atoms with E-state index in [2.05, 4.69) is 24.9 Å². The van der Waals surface area contributed by atoms with E-state index in [1.807, 2.05) is 18.3 Å². The summed E-state index contributed by atoms with van der Waals surface area (Å²) in [7, 11) is 0. The number of hydrogen-bond acceptors (Lipinski definition) is 2. The molecule has 2 nitrogen and oxygen atoms in total. The summed E-state index contributed by atoms with van der Waals surface area (Å²) in [6.45, 7) is 4.12. The van der Waals surface area contributed by atoms with E-state index in [9.17, 15) is 0 Å². The molecule has 1 rings (SSSR count). The lowest BCUT2D eigenvalue weighted by molar-refractivity contribution is 0.799. The fourth-order valence-corrected chi connectivity index (χ4v) is 1.28. The first-order valence-corrected chi connectivity index (χ1v) is 4.48. The minimum Gasteiger partial charge on any atom is -0.324 e. The highest BCUT2D eigenvalue weighted by Crippen LogP contribution is 2.02. The molecule has 0 aliphatic heterocycles. The van der Waals surface area contributed by atoms with Crippen LogP contribution in [-0.2, 0) is 6.42 Å². The molecule has 0 saturated heterocycles. The van der Waals surface area contributed by atoms with E-state index >= 15 is 0 Å². The second-order valence-corrected chi connectivity index (χ2v) is 3.47. The van der Waals surface area contributed by atoms with Gasteiger partial charge in [0.15, 0.2) is 0 Å². The molecule has 2 heteroatoms. The van der Waals surface area contributed by atoms with Crippen molar-refractivity contribution in [2.24, 2.45) is 5.73 Å². The molecule has 2 N–H and O–H groups in total. The van der Waals surface area contributed by atoms with Crippen molar-refractivity contribution in [1.29, 1.82) is 0 Å². The van der Waals surface area contributed by atoms with Crippen molar-refractivity contribution in [2.75, 3.05) is 0 Å². The summed E-state index contributed by atoms with van der Waals surface area (Å²) < 4.78 is 0. The maximum absolute atomic E-state index is 5.90. The summed E-state index contributed by atoms with van der Waals surface area (Å²) in [4.78, 5) is 4.04. The van der Waals surface area contributed by atoms with Crippen LogP contribution < -0.4 is 5.73 Å². The highest BCUT2D eigenvalue weighted by atomic mass is 14.6. The Morgan fingerprint density at radius 2 is 2.38 bits per heavy atom. The fraction of sp³-hybridized carbons (Fsp3) is 0.364. The second kappa shape index (κ2) is 4.77. The van der Waals surface area contributed by atoms with Crippen LogP contribution >= 0.6 is 0 Å². The lowest BCUT2D eigenvalue weighted by Crippen LogP contribution is -2.20. The van der Waals surface area contributed by atoms with Crippen LogP contribution in [0.3, 0.4) is 0 Å². The molecule has 0 spiro atoms. The van der Waals surface area contributed by atoms with Crippen LogP contribution in [0.2, 0.25) is 0 Å². The monoisotopic (exact) mass is 176 g/mol. The van der Waals surface area contributed by atoms with Crippen molar-refractivity contribution in [3.8, 4) is 0 Å². The number of nitrogens with two attached hydrogens (primary N) is 1. The Labute approximate surface area is 79.5 Å². The van der Waals surface area contributed by atoms with Gasteiger partial charge in [0.1, 0.15) is 0 Å². The van der Waals surface area contributed by atoms with E-state index in [4.69, 9.17) is 5.73 Å². The van der Waals surface area contributed by atoms with Crippen molar-refractivity contribution in [1.82, 2.24) is 4.98 Å². The van der Waals surface area contributed by atoms with Gasteiger partial charge in [0.25, 0.3) is 0 Å². The molecule has 0 bridgehead atoms. The first-order valence-electron chi connectivity index (χ1n) is 4.48. The van der Waals surface area contributed by atoms with Crippen molar-refractivity contribution >= 4 is 0 Å². The van der Waals surface area contributed by atoms with E-state index in [0.29, 0.717) is 0 Å². The van der Waals surface area contributed by atoms with Gasteiger partial charge < -0.3 is 5.73 Å². The number of pyridine rings is 1. The number of allylic oxidation sites excluding steroid dienone is 1. The minimum absolute atomic E-state index is 0.106. The Kier molecular flexibility index (Phi) is 3.65. The quantitative estimate of drug-likeness (QED) is 0.714. The average molecular weight is 176 g/mol. The van der Waals surface area contributed by atoms with Gasteiger partial charge in [-0.25, -0.2) is 0 Å². The molecule has 1 unspecified atom stereocenters. The summed E-state index contributed by atoms with van der Waals surface area (Å²) in [6, 6.07) is 4.09. The normalized spacial score (nSPS) is 12.2. The molecule has 0 saturated carbocycles. The van der Waals surface area contributed by atoms with Gasteiger partial charge in [-0.2, -0.15) is 0 Å². The van der Waals surface area contributed by atoms with Crippen molar-refractivity contribution in [3.05, 3.63) is 41.7 Å². The largest absolute Gasteiger partial charge is 0.324 e. The number of hydrogen-bond donors (Lipinski definition) is 1. The van der Waals surface area contributed by atoms with Crippen molar-refractivity contribution < 1.29 is 0 Å². The van der Waals surface area contributed by atoms with Crippen LogP contribution in [0.25, 0.3) is 0 Å². The molecule has 13 heavy (non-hydrogen) atoms. The van der Waals surface area contributed by atoms with Gasteiger partial charge in [-0.15, -0.1) is 0 Å². The third-order valence-corrected chi connectivity index (χ3v) is 1.74. The van der Waals surface area contributed by atoms with E-state index in [0.717, 1.165) is 6.42 Å². The molecule has 0 aromatic carbocycles. The Morgan fingerprint density at radius 1 is 1.62 bits per heavy atom. The van der Waals surface area contributed by atoms with Crippen LogP contribution in [0.5, 0.6) is 0 Å². The molecule has 1 heterocycles. The zero-order valence-corrected chi connectivity index (χ0v) is 8.20. The molecule has 1 atom stereocenters. The van der Waals surface area contributed by atoms with E-state index in [-0.39, 0.29) is 6.04 Å². The molecular formula is C11H16N2. The predicted molar refractivity (Wildman–Crippen MR) is 55.3 cm³/mol. The van der Waals surface area contributed by atoms with Gasteiger partial charge in [0.05, 0.1) is 0 Å². The molecule has 0 aliphatic rings. The Balaban J connectivity index is 2.55. The fourth-order valence-electron chi connectivity index (χ4n) is 1.28. The SMILES string of the molecule is CC(C)=CC(N)Cc1cccnc1. The third-order valence-electron chi connectivity index (χ3n) is 1.74. The average Bonchev–Trinajstić information content (AvgIpc) is 2.04. The van der Waals surface area contributed by atoms with Gasteiger partial charge in [0, 0.05) is 18.4 Å². The van der Waals surface area contributed by atoms with Gasteiger partial charge in [-0.05, 0) is 31.9 Å². The molecule has 0 amide bonds. The zero-order valence-electron chi connectivity index (χ0n) is 8.20. The molecule has 1 aromatic rings. The first-order chi connectivity index (χ1) is 6.18. The summed E-state index contributed by atoms with van der Waals surface area (Å²) in [5.41, 5.74) is 8.35. The first kappa shape index (κ1) is 9.93. The number of nitrogens with zero attached hydrogens (tertiary/aromatic N) is 1. The smallest absolute Gasteiger partial charge is 0.0300 e. The topological polar surface area (TPSA) is 38.9 Å².